The minimum absolute atomic E-state index is 0.0395. The van der Waals surface area contributed by atoms with Crippen molar-refractivity contribution in [3.8, 4) is 5.75 Å². The van der Waals surface area contributed by atoms with E-state index in [1.165, 1.54) is 0 Å². The van der Waals surface area contributed by atoms with Crippen LogP contribution in [0.1, 0.15) is 11.1 Å². The third-order valence-electron chi connectivity index (χ3n) is 2.94. The van der Waals surface area contributed by atoms with Crippen LogP contribution in [0, 0.1) is 6.92 Å². The fourth-order valence-electron chi connectivity index (χ4n) is 1.79. The third-order valence-corrected chi connectivity index (χ3v) is 2.94. The first-order chi connectivity index (χ1) is 8.12. The zero-order valence-corrected chi connectivity index (χ0v) is 10.7. The monoisotopic (exact) mass is 239 g/mol. The number of aryl methyl sites for hydroxylation is 1. The van der Waals surface area contributed by atoms with Gasteiger partial charge in [0.25, 0.3) is 0 Å². The van der Waals surface area contributed by atoms with Gasteiger partial charge < -0.3 is 14.9 Å². The van der Waals surface area contributed by atoms with Crippen molar-refractivity contribution >= 4 is 0 Å². The average molecular weight is 239 g/mol. The number of aliphatic hydroxyl groups is 2. The molecule has 0 amide bonds. The summed E-state index contributed by atoms with van der Waals surface area (Å²) in [4.78, 5) is 1.93. The molecule has 0 unspecified atom stereocenters. The fourth-order valence-corrected chi connectivity index (χ4v) is 1.79. The van der Waals surface area contributed by atoms with E-state index in [0.717, 1.165) is 16.9 Å². The number of likely N-dealkylation sites (N-methyl/N-ethyl adjacent to an activating group) is 1. The number of benzene rings is 1. The molecule has 0 bridgehead atoms. The molecule has 0 aromatic heterocycles. The molecule has 4 heteroatoms. The first-order valence-corrected chi connectivity index (χ1v) is 5.67. The first kappa shape index (κ1) is 14.0. The van der Waals surface area contributed by atoms with E-state index in [1.54, 1.807) is 7.11 Å². The van der Waals surface area contributed by atoms with E-state index in [1.807, 2.05) is 31.0 Å². The number of hydrogen-bond acceptors (Lipinski definition) is 4. The zero-order chi connectivity index (χ0) is 12.8. The minimum Gasteiger partial charge on any atom is -0.496 e. The van der Waals surface area contributed by atoms with Gasteiger partial charge in [0, 0.05) is 6.54 Å². The molecule has 0 saturated heterocycles. The molecule has 2 N–H and O–H groups in total. The second kappa shape index (κ2) is 6.59. The second-order valence-corrected chi connectivity index (χ2v) is 4.24. The molecule has 0 aliphatic heterocycles. The number of nitrogens with zero attached hydrogens (tertiary/aromatic N) is 1. The summed E-state index contributed by atoms with van der Waals surface area (Å²) in [5, 5.41) is 18.2. The van der Waals surface area contributed by atoms with Gasteiger partial charge in [0.05, 0.1) is 26.4 Å². The van der Waals surface area contributed by atoms with Gasteiger partial charge in [-0.25, -0.2) is 0 Å². The highest BCUT2D eigenvalue weighted by atomic mass is 16.5. The smallest absolute Gasteiger partial charge is 0.121 e. The van der Waals surface area contributed by atoms with Gasteiger partial charge >= 0.3 is 0 Å². The van der Waals surface area contributed by atoms with Crippen molar-refractivity contribution in [2.45, 2.75) is 19.5 Å². The van der Waals surface area contributed by atoms with Crippen LogP contribution in [-0.2, 0) is 6.54 Å². The summed E-state index contributed by atoms with van der Waals surface area (Å²) in [5.74, 6) is 0.872. The standard InChI is InChI=1S/C13H21NO3/c1-10-6-11(4-5-13(10)17-3)7-14(2)12(8-15)9-16/h4-6,12,15-16H,7-9H2,1-3H3. The number of methoxy groups -OCH3 is 1. The van der Waals surface area contributed by atoms with Crippen molar-refractivity contribution in [1.29, 1.82) is 0 Å². The topological polar surface area (TPSA) is 52.9 Å². The molecular weight excluding hydrogens is 218 g/mol. The summed E-state index contributed by atoms with van der Waals surface area (Å²) in [5.41, 5.74) is 2.22. The maximum absolute atomic E-state index is 9.09. The van der Waals surface area contributed by atoms with Crippen LogP contribution in [0.15, 0.2) is 18.2 Å². The molecule has 0 fully saturated rings. The first-order valence-electron chi connectivity index (χ1n) is 5.67. The highest BCUT2D eigenvalue weighted by Gasteiger charge is 2.13. The van der Waals surface area contributed by atoms with Crippen LogP contribution in [0.5, 0.6) is 5.75 Å². The lowest BCUT2D eigenvalue weighted by Gasteiger charge is -2.24. The lowest BCUT2D eigenvalue weighted by atomic mass is 10.1. The van der Waals surface area contributed by atoms with Gasteiger partial charge in [0.2, 0.25) is 0 Å². The Balaban J connectivity index is 2.71. The molecule has 0 radical (unpaired) electrons. The Hall–Kier alpha value is -1.10. The number of hydrogen-bond donors (Lipinski definition) is 2. The molecule has 17 heavy (non-hydrogen) atoms. The predicted molar refractivity (Wildman–Crippen MR) is 67.2 cm³/mol. The number of aliphatic hydroxyl groups excluding tert-OH is 2. The molecular formula is C13H21NO3. The largest absolute Gasteiger partial charge is 0.496 e. The Bertz CT molecular complexity index is 351. The number of ether oxygens (including phenoxy) is 1. The van der Waals surface area contributed by atoms with Crippen molar-refractivity contribution in [2.75, 3.05) is 27.4 Å². The SMILES string of the molecule is COc1ccc(CN(C)C(CO)CO)cc1C. The summed E-state index contributed by atoms with van der Waals surface area (Å²) in [6.45, 7) is 2.61. The van der Waals surface area contributed by atoms with Crippen LogP contribution in [0.2, 0.25) is 0 Å². The van der Waals surface area contributed by atoms with Crippen molar-refractivity contribution in [2.24, 2.45) is 0 Å². The Morgan fingerprint density at radius 2 is 1.94 bits per heavy atom. The quantitative estimate of drug-likeness (QED) is 0.770. The van der Waals surface area contributed by atoms with Crippen LogP contribution in [0.4, 0.5) is 0 Å². The van der Waals surface area contributed by atoms with Gasteiger partial charge in [-0.2, -0.15) is 0 Å². The predicted octanol–water partition coefficient (Wildman–Crippen LogP) is 0.789. The van der Waals surface area contributed by atoms with E-state index in [9.17, 15) is 0 Å². The molecule has 1 rings (SSSR count). The van der Waals surface area contributed by atoms with Gasteiger partial charge in [0.1, 0.15) is 5.75 Å². The van der Waals surface area contributed by atoms with E-state index < -0.39 is 0 Å². The molecule has 96 valence electrons. The maximum Gasteiger partial charge on any atom is 0.121 e. The van der Waals surface area contributed by atoms with Crippen LogP contribution in [-0.4, -0.2) is 48.5 Å². The van der Waals surface area contributed by atoms with E-state index in [-0.39, 0.29) is 19.3 Å². The Kier molecular flexibility index (Phi) is 5.41. The van der Waals surface area contributed by atoms with Crippen LogP contribution >= 0.6 is 0 Å². The van der Waals surface area contributed by atoms with E-state index in [2.05, 4.69) is 6.07 Å². The highest BCUT2D eigenvalue weighted by Crippen LogP contribution is 2.19. The van der Waals surface area contributed by atoms with E-state index in [0.29, 0.717) is 6.54 Å². The summed E-state index contributed by atoms with van der Waals surface area (Å²) in [6.07, 6.45) is 0. The Labute approximate surface area is 102 Å². The molecule has 0 spiro atoms. The second-order valence-electron chi connectivity index (χ2n) is 4.24. The van der Waals surface area contributed by atoms with Crippen molar-refractivity contribution in [1.82, 2.24) is 4.90 Å². The van der Waals surface area contributed by atoms with Crippen LogP contribution in [0.25, 0.3) is 0 Å². The molecule has 1 aromatic rings. The van der Waals surface area contributed by atoms with Crippen LogP contribution in [0.3, 0.4) is 0 Å². The van der Waals surface area contributed by atoms with Crippen molar-refractivity contribution in [3.63, 3.8) is 0 Å². The maximum atomic E-state index is 9.09. The highest BCUT2D eigenvalue weighted by molar-refractivity contribution is 5.36. The molecule has 0 saturated carbocycles. The molecule has 0 heterocycles. The lowest BCUT2D eigenvalue weighted by Crippen LogP contribution is -2.37. The molecule has 0 aliphatic carbocycles. The van der Waals surface area contributed by atoms with Gasteiger partial charge in [-0.15, -0.1) is 0 Å². The summed E-state index contributed by atoms with van der Waals surface area (Å²) < 4.78 is 5.20. The lowest BCUT2D eigenvalue weighted by molar-refractivity contribution is 0.0873. The van der Waals surface area contributed by atoms with E-state index >= 15 is 0 Å². The minimum atomic E-state index is -0.211. The molecule has 4 nitrogen and oxygen atoms in total. The molecule has 1 aromatic carbocycles. The van der Waals surface area contributed by atoms with E-state index in [4.69, 9.17) is 14.9 Å². The van der Waals surface area contributed by atoms with Gasteiger partial charge in [0.15, 0.2) is 0 Å². The molecule has 0 atom stereocenters. The summed E-state index contributed by atoms with van der Waals surface area (Å²) in [6, 6.07) is 5.78. The Morgan fingerprint density at radius 3 is 2.41 bits per heavy atom. The average Bonchev–Trinajstić information content (AvgIpc) is 2.31. The summed E-state index contributed by atoms with van der Waals surface area (Å²) in [7, 11) is 3.54. The molecule has 0 aliphatic rings. The third kappa shape index (κ3) is 3.70. The Morgan fingerprint density at radius 1 is 1.29 bits per heavy atom. The number of rotatable bonds is 6. The van der Waals surface area contributed by atoms with Gasteiger partial charge in [-0.05, 0) is 31.2 Å². The van der Waals surface area contributed by atoms with Crippen molar-refractivity contribution in [3.05, 3.63) is 29.3 Å². The van der Waals surface area contributed by atoms with Crippen LogP contribution < -0.4 is 4.74 Å². The van der Waals surface area contributed by atoms with Gasteiger partial charge in [-0.3, -0.25) is 4.90 Å². The van der Waals surface area contributed by atoms with Crippen molar-refractivity contribution < 1.29 is 14.9 Å². The normalized spacial score (nSPS) is 11.2. The zero-order valence-electron chi connectivity index (χ0n) is 10.7. The summed E-state index contributed by atoms with van der Waals surface area (Å²) >= 11 is 0. The fraction of sp³-hybridized carbons (Fsp3) is 0.538. The van der Waals surface area contributed by atoms with Gasteiger partial charge in [-0.1, -0.05) is 12.1 Å².